The largest absolute Gasteiger partial charge is 0.445 e. The fraction of sp³-hybridized carbons (Fsp3) is 0.325. The summed E-state index contributed by atoms with van der Waals surface area (Å²) in [5.74, 6) is 0. The lowest BCUT2D eigenvalue weighted by atomic mass is 9.84. The fourth-order valence-corrected chi connectivity index (χ4v) is 6.65. The van der Waals surface area contributed by atoms with Gasteiger partial charge in [-0.3, -0.25) is 0 Å². The lowest BCUT2D eigenvalue weighted by Gasteiger charge is -2.42. The van der Waals surface area contributed by atoms with Gasteiger partial charge in [0.25, 0.3) is 0 Å². The number of nitrogens with one attached hydrogen (secondary N) is 1. The molecule has 3 N–H and O–H groups in total. The predicted octanol–water partition coefficient (Wildman–Crippen LogP) is 7.44. The molecule has 0 spiro atoms. The van der Waals surface area contributed by atoms with Crippen molar-refractivity contribution in [3.63, 3.8) is 0 Å². The quantitative estimate of drug-likeness (QED) is 0.141. The zero-order valence-corrected chi connectivity index (χ0v) is 28.2. The van der Waals surface area contributed by atoms with Gasteiger partial charge < -0.3 is 34.6 Å². The van der Waals surface area contributed by atoms with E-state index in [2.05, 4.69) is 28.9 Å². The average molecular weight is 683 g/mol. The van der Waals surface area contributed by atoms with Crippen LogP contribution >= 0.6 is 11.6 Å². The van der Waals surface area contributed by atoms with Crippen LogP contribution in [0, 0.1) is 0 Å². The number of aliphatic hydroxyl groups is 2. The molecule has 2 fully saturated rings. The second-order valence-corrected chi connectivity index (χ2v) is 13.2. The molecule has 0 aromatic heterocycles. The first-order valence-electron chi connectivity index (χ1n) is 16.7. The maximum absolute atomic E-state index is 11.9. The molecule has 2 saturated heterocycles. The Bertz CT molecular complexity index is 1690. The number of carbonyl (C=O) groups excluding carboxylic acids is 1. The number of hydrogen-bond donors (Lipinski definition) is 3. The van der Waals surface area contributed by atoms with Crippen LogP contribution in [0.1, 0.15) is 59.5 Å². The Kier molecular flexibility index (Phi) is 11.5. The summed E-state index contributed by atoms with van der Waals surface area (Å²) in [7, 11) is 0. The number of alkyl carbamates (subject to hydrolysis) is 1. The number of rotatable bonds is 11. The first-order valence-corrected chi connectivity index (χ1v) is 17.1. The Morgan fingerprint density at radius 2 is 1.65 bits per heavy atom. The second-order valence-electron chi connectivity index (χ2n) is 12.8. The zero-order chi connectivity index (χ0) is 34.2. The van der Waals surface area contributed by atoms with Crippen LogP contribution in [0.5, 0.6) is 0 Å². The molecule has 3 unspecified atom stereocenters. The molecule has 0 bridgehead atoms. The molecule has 49 heavy (non-hydrogen) atoms. The first-order chi connectivity index (χ1) is 23.8. The van der Waals surface area contributed by atoms with E-state index in [1.165, 1.54) is 6.08 Å². The van der Waals surface area contributed by atoms with Crippen LogP contribution in [0.25, 0.3) is 11.1 Å². The number of likely N-dealkylation sites (tertiary alicyclic amines) is 1. The molecule has 1 amide bonds. The molecular formula is C40H43ClN2O6. The summed E-state index contributed by atoms with van der Waals surface area (Å²) < 4.78 is 18.2. The Morgan fingerprint density at radius 1 is 0.939 bits per heavy atom. The van der Waals surface area contributed by atoms with E-state index < -0.39 is 18.0 Å². The van der Waals surface area contributed by atoms with Crippen LogP contribution in [0.15, 0.2) is 110 Å². The highest BCUT2D eigenvalue weighted by Crippen LogP contribution is 2.40. The molecule has 2 aliphatic rings. The standard InChI is InChI=1S/C40H43ClN2O6/c1-2-22-47-39(45)42-25-29-4-3-5-33(23-29)30-10-12-32(13-11-30)38-48-36(24-37(49-38)31-8-6-28(27-44)7-9-31)26-43-20-18-40(46,19-21-43)34-14-16-35(41)17-15-34/h2-17,23,36-38,44,46H,1,18-22,24-27H2,(H,42,45). The number of amides is 1. The molecule has 3 atom stereocenters. The van der Waals surface area contributed by atoms with Gasteiger partial charge in [-0.15, -0.1) is 0 Å². The third-order valence-electron chi connectivity index (χ3n) is 9.35. The highest BCUT2D eigenvalue weighted by molar-refractivity contribution is 6.30. The molecular weight excluding hydrogens is 640 g/mol. The van der Waals surface area contributed by atoms with Gasteiger partial charge in [0.1, 0.15) is 6.61 Å². The summed E-state index contributed by atoms with van der Waals surface area (Å²) in [4.78, 5) is 14.2. The van der Waals surface area contributed by atoms with Gasteiger partial charge in [0.2, 0.25) is 0 Å². The summed E-state index contributed by atoms with van der Waals surface area (Å²) in [6.45, 7) is 6.29. The fourth-order valence-electron chi connectivity index (χ4n) is 6.53. The molecule has 9 heteroatoms. The van der Waals surface area contributed by atoms with Gasteiger partial charge in [0.05, 0.1) is 24.4 Å². The summed E-state index contributed by atoms with van der Waals surface area (Å²) in [5, 5.41) is 24.4. The van der Waals surface area contributed by atoms with E-state index in [0.29, 0.717) is 30.8 Å². The third-order valence-corrected chi connectivity index (χ3v) is 9.61. The highest BCUT2D eigenvalue weighted by atomic mass is 35.5. The van der Waals surface area contributed by atoms with Gasteiger partial charge in [-0.25, -0.2) is 4.79 Å². The predicted molar refractivity (Wildman–Crippen MR) is 190 cm³/mol. The number of benzene rings is 4. The van der Waals surface area contributed by atoms with Gasteiger partial charge in [-0.1, -0.05) is 103 Å². The van der Waals surface area contributed by atoms with Crippen molar-refractivity contribution >= 4 is 17.7 Å². The third kappa shape index (κ3) is 8.97. The second kappa shape index (κ2) is 16.1. The molecule has 2 heterocycles. The Morgan fingerprint density at radius 3 is 2.35 bits per heavy atom. The Hall–Kier alpha value is -4.02. The topological polar surface area (TPSA) is 100 Å². The van der Waals surface area contributed by atoms with E-state index in [-0.39, 0.29) is 25.4 Å². The number of ether oxygens (including phenoxy) is 3. The van der Waals surface area contributed by atoms with E-state index in [1.54, 1.807) is 0 Å². The monoisotopic (exact) mass is 682 g/mol. The van der Waals surface area contributed by atoms with Crippen molar-refractivity contribution < 1.29 is 29.2 Å². The maximum atomic E-state index is 11.9. The molecule has 2 aliphatic heterocycles. The molecule has 4 aromatic rings. The molecule has 4 aromatic carbocycles. The van der Waals surface area contributed by atoms with Crippen LogP contribution in [0.3, 0.4) is 0 Å². The summed E-state index contributed by atoms with van der Waals surface area (Å²) in [6, 6.07) is 31.6. The lowest BCUT2D eigenvalue weighted by Crippen LogP contribution is -2.46. The SMILES string of the molecule is C=CCOC(=O)NCc1cccc(-c2ccc(C3OC(CN4CCC(O)(c5ccc(Cl)cc5)CC4)CC(c4ccc(CO)cc4)O3)cc2)c1. The van der Waals surface area contributed by atoms with E-state index in [1.807, 2.05) is 84.9 Å². The minimum absolute atomic E-state index is 0.00840. The van der Waals surface area contributed by atoms with Crippen LogP contribution in [-0.2, 0) is 33.0 Å². The van der Waals surface area contributed by atoms with E-state index in [0.717, 1.165) is 58.6 Å². The molecule has 0 aliphatic carbocycles. The minimum atomic E-state index is -0.869. The number of carbonyl (C=O) groups is 1. The summed E-state index contributed by atoms with van der Waals surface area (Å²) in [6.07, 6.45) is 2.15. The van der Waals surface area contributed by atoms with E-state index in [9.17, 15) is 15.0 Å². The Labute approximate surface area is 292 Å². The summed E-state index contributed by atoms with van der Waals surface area (Å²) >= 11 is 6.08. The molecule has 256 valence electrons. The van der Waals surface area contributed by atoms with Crippen LogP contribution in [0.4, 0.5) is 4.79 Å². The van der Waals surface area contributed by atoms with Crippen molar-refractivity contribution in [3.8, 4) is 11.1 Å². The van der Waals surface area contributed by atoms with Crippen molar-refractivity contribution in [1.29, 1.82) is 0 Å². The van der Waals surface area contributed by atoms with Crippen molar-refractivity contribution in [3.05, 3.63) is 143 Å². The zero-order valence-electron chi connectivity index (χ0n) is 27.5. The van der Waals surface area contributed by atoms with Crippen LogP contribution < -0.4 is 5.32 Å². The summed E-state index contributed by atoms with van der Waals surface area (Å²) in [5.41, 5.74) is 5.87. The van der Waals surface area contributed by atoms with E-state index in [4.69, 9.17) is 25.8 Å². The Balaban J connectivity index is 1.14. The average Bonchev–Trinajstić information content (AvgIpc) is 3.14. The minimum Gasteiger partial charge on any atom is -0.445 e. The number of aliphatic hydroxyl groups excluding tert-OH is 1. The number of halogens is 1. The highest BCUT2D eigenvalue weighted by Gasteiger charge is 2.37. The number of hydrogen-bond acceptors (Lipinski definition) is 7. The smallest absolute Gasteiger partial charge is 0.407 e. The van der Waals surface area contributed by atoms with Gasteiger partial charge in [-0.05, 0) is 64.4 Å². The van der Waals surface area contributed by atoms with E-state index >= 15 is 0 Å². The van der Waals surface area contributed by atoms with Crippen molar-refractivity contribution in [1.82, 2.24) is 10.2 Å². The molecule has 0 radical (unpaired) electrons. The van der Waals surface area contributed by atoms with Gasteiger partial charge in [0, 0.05) is 43.2 Å². The molecule has 0 saturated carbocycles. The molecule has 6 rings (SSSR count). The number of nitrogens with zero attached hydrogens (tertiary/aromatic N) is 1. The van der Waals surface area contributed by atoms with Crippen molar-refractivity contribution in [2.24, 2.45) is 0 Å². The lowest BCUT2D eigenvalue weighted by molar-refractivity contribution is -0.253. The van der Waals surface area contributed by atoms with Crippen molar-refractivity contribution in [2.45, 2.75) is 56.5 Å². The van der Waals surface area contributed by atoms with Gasteiger partial charge in [0.15, 0.2) is 6.29 Å². The van der Waals surface area contributed by atoms with Crippen molar-refractivity contribution in [2.75, 3.05) is 26.2 Å². The maximum Gasteiger partial charge on any atom is 0.407 e. The van der Waals surface area contributed by atoms with Crippen LogP contribution in [0.2, 0.25) is 5.02 Å². The molecule has 8 nitrogen and oxygen atoms in total. The van der Waals surface area contributed by atoms with Crippen LogP contribution in [-0.4, -0.2) is 53.6 Å². The number of piperidine rings is 1. The normalized spacial score (nSPS) is 20.8. The van der Waals surface area contributed by atoms with Gasteiger partial charge >= 0.3 is 6.09 Å². The first kappa shape index (κ1) is 34.8. The van der Waals surface area contributed by atoms with Gasteiger partial charge in [-0.2, -0.15) is 0 Å².